The molecule has 2 rings (SSSR count). The van der Waals surface area contributed by atoms with Crippen LogP contribution in [0.25, 0.3) is 0 Å². The van der Waals surface area contributed by atoms with Crippen molar-refractivity contribution >= 4 is 23.4 Å². The first-order valence-electron chi connectivity index (χ1n) is 7.01. The SMILES string of the molecule is CO[C@@H](C(=O)NNC(=O)Cc1ccc(Cl)cc1)c1ccccc1. The summed E-state index contributed by atoms with van der Waals surface area (Å²) >= 11 is 5.79. The third kappa shape index (κ3) is 5.09. The van der Waals surface area contributed by atoms with Gasteiger partial charge in [0.25, 0.3) is 5.91 Å². The van der Waals surface area contributed by atoms with E-state index in [1.165, 1.54) is 7.11 Å². The van der Waals surface area contributed by atoms with Crippen molar-refractivity contribution in [3.63, 3.8) is 0 Å². The molecule has 2 aromatic carbocycles. The number of rotatable bonds is 5. The smallest absolute Gasteiger partial charge is 0.272 e. The predicted molar refractivity (Wildman–Crippen MR) is 87.6 cm³/mol. The van der Waals surface area contributed by atoms with Crippen LogP contribution >= 0.6 is 11.6 Å². The molecule has 6 heteroatoms. The molecule has 0 fully saturated rings. The summed E-state index contributed by atoms with van der Waals surface area (Å²) < 4.78 is 5.18. The van der Waals surface area contributed by atoms with E-state index in [2.05, 4.69) is 10.9 Å². The van der Waals surface area contributed by atoms with Gasteiger partial charge in [-0.15, -0.1) is 0 Å². The summed E-state index contributed by atoms with van der Waals surface area (Å²) in [6, 6.07) is 16.0. The molecule has 0 radical (unpaired) electrons. The zero-order valence-electron chi connectivity index (χ0n) is 12.6. The van der Waals surface area contributed by atoms with Gasteiger partial charge in [0.2, 0.25) is 5.91 Å². The first-order valence-corrected chi connectivity index (χ1v) is 7.39. The summed E-state index contributed by atoms with van der Waals surface area (Å²) in [5.41, 5.74) is 6.26. The monoisotopic (exact) mass is 332 g/mol. The van der Waals surface area contributed by atoms with Gasteiger partial charge < -0.3 is 4.74 Å². The zero-order chi connectivity index (χ0) is 16.7. The largest absolute Gasteiger partial charge is 0.367 e. The van der Waals surface area contributed by atoms with Crippen molar-refractivity contribution in [2.24, 2.45) is 0 Å². The van der Waals surface area contributed by atoms with Crippen LogP contribution in [0, 0.1) is 0 Å². The molecule has 0 spiro atoms. The number of halogens is 1. The average molecular weight is 333 g/mol. The Morgan fingerprint density at radius 2 is 1.70 bits per heavy atom. The number of carbonyl (C=O) groups excluding carboxylic acids is 2. The Hall–Kier alpha value is -2.37. The third-order valence-electron chi connectivity index (χ3n) is 3.18. The molecule has 2 amide bonds. The fourth-order valence-electron chi connectivity index (χ4n) is 2.05. The van der Waals surface area contributed by atoms with Crippen molar-refractivity contribution in [1.82, 2.24) is 10.9 Å². The second-order valence-electron chi connectivity index (χ2n) is 4.87. The molecule has 5 nitrogen and oxygen atoms in total. The molecule has 0 aliphatic heterocycles. The highest BCUT2D eigenvalue weighted by Gasteiger charge is 2.20. The van der Waals surface area contributed by atoms with Gasteiger partial charge in [0, 0.05) is 12.1 Å². The highest BCUT2D eigenvalue weighted by molar-refractivity contribution is 6.30. The number of hydrogen-bond acceptors (Lipinski definition) is 3. The number of hydrogen-bond donors (Lipinski definition) is 2. The highest BCUT2D eigenvalue weighted by atomic mass is 35.5. The normalized spacial score (nSPS) is 11.6. The summed E-state index contributed by atoms with van der Waals surface area (Å²) in [5, 5.41) is 0.605. The molecule has 0 aromatic heterocycles. The van der Waals surface area contributed by atoms with E-state index in [-0.39, 0.29) is 12.3 Å². The lowest BCUT2D eigenvalue weighted by molar-refractivity contribution is -0.135. The number of carbonyl (C=O) groups is 2. The minimum absolute atomic E-state index is 0.139. The Balaban J connectivity index is 1.87. The van der Waals surface area contributed by atoms with E-state index >= 15 is 0 Å². The van der Waals surface area contributed by atoms with E-state index < -0.39 is 12.0 Å². The Morgan fingerprint density at radius 1 is 1.04 bits per heavy atom. The first kappa shape index (κ1) is 17.0. The lowest BCUT2D eigenvalue weighted by Gasteiger charge is -2.16. The molecule has 23 heavy (non-hydrogen) atoms. The topological polar surface area (TPSA) is 67.4 Å². The van der Waals surface area contributed by atoms with Gasteiger partial charge in [0.1, 0.15) is 0 Å². The fourth-order valence-corrected chi connectivity index (χ4v) is 2.18. The lowest BCUT2D eigenvalue weighted by Crippen LogP contribution is -2.44. The van der Waals surface area contributed by atoms with Crippen LogP contribution < -0.4 is 10.9 Å². The Kier molecular flexibility index (Phi) is 6.14. The number of hydrazine groups is 1. The van der Waals surface area contributed by atoms with E-state index in [4.69, 9.17) is 16.3 Å². The van der Waals surface area contributed by atoms with Crippen LogP contribution in [0.1, 0.15) is 17.2 Å². The van der Waals surface area contributed by atoms with Crippen LogP contribution in [0.4, 0.5) is 0 Å². The van der Waals surface area contributed by atoms with Crippen LogP contribution in [0.15, 0.2) is 54.6 Å². The van der Waals surface area contributed by atoms with Gasteiger partial charge in [0.05, 0.1) is 6.42 Å². The standard InChI is InChI=1S/C17H17ClN2O3/c1-23-16(13-5-3-2-4-6-13)17(22)20-19-15(21)11-12-7-9-14(18)10-8-12/h2-10,16H,11H2,1H3,(H,19,21)(H,20,22)/t16-/m1/s1. The second kappa shape index (κ2) is 8.31. The number of benzene rings is 2. The highest BCUT2D eigenvalue weighted by Crippen LogP contribution is 2.15. The molecule has 0 bridgehead atoms. The summed E-state index contributed by atoms with van der Waals surface area (Å²) in [6.45, 7) is 0. The zero-order valence-corrected chi connectivity index (χ0v) is 13.3. The molecule has 0 aliphatic rings. The number of amides is 2. The summed E-state index contributed by atoms with van der Waals surface area (Å²) in [6.07, 6.45) is -0.646. The maximum absolute atomic E-state index is 12.1. The van der Waals surface area contributed by atoms with Crippen LogP contribution in [0.2, 0.25) is 5.02 Å². The lowest BCUT2D eigenvalue weighted by atomic mass is 10.1. The van der Waals surface area contributed by atoms with Gasteiger partial charge in [-0.05, 0) is 23.3 Å². The summed E-state index contributed by atoms with van der Waals surface area (Å²) in [7, 11) is 1.44. The van der Waals surface area contributed by atoms with Crippen molar-refractivity contribution in [3.05, 3.63) is 70.7 Å². The number of methoxy groups -OCH3 is 1. The molecule has 120 valence electrons. The van der Waals surface area contributed by atoms with E-state index in [9.17, 15) is 9.59 Å². The van der Waals surface area contributed by atoms with E-state index in [0.717, 1.165) is 5.56 Å². The van der Waals surface area contributed by atoms with Gasteiger partial charge in [-0.2, -0.15) is 0 Å². The van der Waals surface area contributed by atoms with Crippen molar-refractivity contribution in [1.29, 1.82) is 0 Å². The van der Waals surface area contributed by atoms with Crippen LogP contribution in [0.3, 0.4) is 0 Å². The fraction of sp³-hybridized carbons (Fsp3) is 0.176. The molecule has 0 saturated heterocycles. The van der Waals surface area contributed by atoms with E-state index in [1.807, 2.05) is 18.2 Å². The molecule has 1 atom stereocenters. The molecule has 0 unspecified atom stereocenters. The molecule has 0 aliphatic carbocycles. The van der Waals surface area contributed by atoms with Crippen molar-refractivity contribution < 1.29 is 14.3 Å². The Labute approximate surface area is 139 Å². The molecule has 2 N–H and O–H groups in total. The average Bonchev–Trinajstić information content (AvgIpc) is 2.57. The van der Waals surface area contributed by atoms with E-state index in [1.54, 1.807) is 36.4 Å². The van der Waals surface area contributed by atoms with Crippen molar-refractivity contribution in [3.8, 4) is 0 Å². The molecular weight excluding hydrogens is 316 g/mol. The summed E-state index contributed by atoms with van der Waals surface area (Å²) in [5.74, 6) is -0.772. The summed E-state index contributed by atoms with van der Waals surface area (Å²) in [4.78, 5) is 24.0. The maximum atomic E-state index is 12.1. The quantitative estimate of drug-likeness (QED) is 0.826. The van der Waals surface area contributed by atoms with Crippen molar-refractivity contribution in [2.75, 3.05) is 7.11 Å². The van der Waals surface area contributed by atoms with Crippen LogP contribution in [-0.2, 0) is 20.7 Å². The molecule has 0 heterocycles. The van der Waals surface area contributed by atoms with Crippen LogP contribution in [-0.4, -0.2) is 18.9 Å². The van der Waals surface area contributed by atoms with Gasteiger partial charge in [0.15, 0.2) is 6.10 Å². The second-order valence-corrected chi connectivity index (χ2v) is 5.30. The predicted octanol–water partition coefficient (Wildman–Crippen LogP) is 2.42. The third-order valence-corrected chi connectivity index (χ3v) is 3.43. The molecular formula is C17H17ClN2O3. The maximum Gasteiger partial charge on any atom is 0.272 e. The first-order chi connectivity index (χ1) is 11.1. The number of nitrogens with one attached hydrogen (secondary N) is 2. The van der Waals surface area contributed by atoms with Crippen molar-refractivity contribution in [2.45, 2.75) is 12.5 Å². The van der Waals surface area contributed by atoms with Gasteiger partial charge in [-0.1, -0.05) is 54.1 Å². The molecule has 2 aromatic rings. The van der Waals surface area contributed by atoms with Gasteiger partial charge in [-0.25, -0.2) is 0 Å². The Bertz CT molecular complexity index is 659. The van der Waals surface area contributed by atoms with Crippen LogP contribution in [0.5, 0.6) is 0 Å². The van der Waals surface area contributed by atoms with Gasteiger partial charge >= 0.3 is 0 Å². The minimum atomic E-state index is -0.785. The minimum Gasteiger partial charge on any atom is -0.367 e. The number of ether oxygens (including phenoxy) is 1. The van der Waals surface area contributed by atoms with Gasteiger partial charge in [-0.3, -0.25) is 20.4 Å². The Morgan fingerprint density at radius 3 is 2.30 bits per heavy atom. The van der Waals surface area contributed by atoms with E-state index in [0.29, 0.717) is 10.6 Å². The molecule has 0 saturated carbocycles.